The number of aromatic nitrogens is 1. The lowest BCUT2D eigenvalue weighted by Crippen LogP contribution is -2.19. The molecule has 1 heterocycles. The van der Waals surface area contributed by atoms with E-state index in [0.717, 1.165) is 26.4 Å². The lowest BCUT2D eigenvalue weighted by atomic mass is 10.1. The van der Waals surface area contributed by atoms with Gasteiger partial charge in [0.1, 0.15) is 11.5 Å². The first kappa shape index (κ1) is 28.6. The fourth-order valence-electron chi connectivity index (χ4n) is 2.66. The van der Waals surface area contributed by atoms with Gasteiger partial charge in [-0.15, -0.1) is 0 Å². The van der Waals surface area contributed by atoms with Gasteiger partial charge < -0.3 is 25.4 Å². The first-order chi connectivity index (χ1) is 16.8. The van der Waals surface area contributed by atoms with Gasteiger partial charge >= 0.3 is 24.3 Å². The Kier molecular flexibility index (Phi) is 9.39. The minimum absolute atomic E-state index is 0.0351. The minimum atomic E-state index is -4.71. The van der Waals surface area contributed by atoms with Gasteiger partial charge in [0.05, 0.1) is 47.8 Å². The number of halogens is 7. The summed E-state index contributed by atoms with van der Waals surface area (Å²) in [4.78, 5) is 27.2. The van der Waals surface area contributed by atoms with Crippen LogP contribution in [-0.2, 0) is 31.4 Å². The van der Waals surface area contributed by atoms with E-state index in [2.05, 4.69) is 30.4 Å². The van der Waals surface area contributed by atoms with Gasteiger partial charge in [0.2, 0.25) is 0 Å². The van der Waals surface area contributed by atoms with Crippen molar-refractivity contribution in [2.24, 2.45) is 0 Å². The SMILES string of the molecule is COC(=O)/C=C(/Nc1cc(C(F)(F)F)ccc1NCCNc1ncc(C(F)(F)F)cc1Cl)C(=O)OC. The number of esters is 2. The maximum Gasteiger partial charge on any atom is 0.417 e. The zero-order valence-corrected chi connectivity index (χ0v) is 19.4. The monoisotopic (exact) mass is 540 g/mol. The number of nitrogens with zero attached hydrogens (tertiary/aromatic N) is 1. The standard InChI is InChI=1S/C21H19ClF6N4O4/c1-35-17(33)9-16(19(34)36-2)32-15-8-11(20(23,24)25)3-4-14(15)29-5-6-30-18-13(22)7-12(10-31-18)21(26,27)28/h3-4,7-10,29,32H,5-6H2,1-2H3,(H,30,31)/b16-9+. The molecule has 1 aromatic heterocycles. The van der Waals surface area contributed by atoms with Crippen LogP contribution in [0.15, 0.2) is 42.2 Å². The molecule has 3 N–H and O–H groups in total. The van der Waals surface area contributed by atoms with Crippen molar-refractivity contribution in [2.45, 2.75) is 12.4 Å². The second-order valence-electron chi connectivity index (χ2n) is 6.86. The van der Waals surface area contributed by atoms with Gasteiger partial charge in [0.25, 0.3) is 0 Å². The van der Waals surface area contributed by atoms with E-state index in [1.165, 1.54) is 0 Å². The van der Waals surface area contributed by atoms with Crippen molar-refractivity contribution in [3.8, 4) is 0 Å². The van der Waals surface area contributed by atoms with Crippen LogP contribution < -0.4 is 16.0 Å². The van der Waals surface area contributed by atoms with Crippen molar-refractivity contribution >= 4 is 40.7 Å². The topological polar surface area (TPSA) is 102 Å². The van der Waals surface area contributed by atoms with Crippen molar-refractivity contribution in [3.63, 3.8) is 0 Å². The van der Waals surface area contributed by atoms with Crippen LogP contribution in [0.5, 0.6) is 0 Å². The van der Waals surface area contributed by atoms with E-state index < -0.39 is 41.1 Å². The largest absolute Gasteiger partial charge is 0.466 e. The van der Waals surface area contributed by atoms with E-state index in [4.69, 9.17) is 11.6 Å². The van der Waals surface area contributed by atoms with Gasteiger partial charge in [-0.25, -0.2) is 14.6 Å². The smallest absolute Gasteiger partial charge is 0.417 e. The fourth-order valence-corrected chi connectivity index (χ4v) is 2.89. The highest BCUT2D eigenvalue weighted by atomic mass is 35.5. The van der Waals surface area contributed by atoms with Crippen LogP contribution in [0.4, 0.5) is 43.5 Å². The van der Waals surface area contributed by atoms with Crippen LogP contribution >= 0.6 is 11.6 Å². The number of hydrogen-bond acceptors (Lipinski definition) is 8. The van der Waals surface area contributed by atoms with Crippen LogP contribution in [0, 0.1) is 0 Å². The summed E-state index contributed by atoms with van der Waals surface area (Å²) in [7, 11) is 2.04. The molecule has 0 saturated heterocycles. The quantitative estimate of drug-likeness (QED) is 0.178. The maximum atomic E-state index is 13.2. The van der Waals surface area contributed by atoms with E-state index in [9.17, 15) is 35.9 Å². The van der Waals surface area contributed by atoms with Crippen LogP contribution in [0.25, 0.3) is 0 Å². The molecule has 15 heteroatoms. The highest BCUT2D eigenvalue weighted by molar-refractivity contribution is 6.32. The lowest BCUT2D eigenvalue weighted by molar-refractivity contribution is -0.138. The second-order valence-corrected chi connectivity index (χ2v) is 7.27. The second kappa shape index (κ2) is 11.8. The Balaban J connectivity index is 2.21. The van der Waals surface area contributed by atoms with E-state index in [1.54, 1.807) is 0 Å². The van der Waals surface area contributed by atoms with E-state index >= 15 is 0 Å². The van der Waals surface area contributed by atoms with Gasteiger partial charge in [-0.2, -0.15) is 26.3 Å². The molecule has 1 aromatic carbocycles. The van der Waals surface area contributed by atoms with Gasteiger partial charge in [-0.1, -0.05) is 11.6 Å². The predicted molar refractivity (Wildman–Crippen MR) is 118 cm³/mol. The van der Waals surface area contributed by atoms with Gasteiger partial charge in [0.15, 0.2) is 0 Å². The number of alkyl halides is 6. The molecule has 0 aliphatic rings. The number of rotatable bonds is 9. The number of benzene rings is 1. The molecule has 2 rings (SSSR count). The van der Waals surface area contributed by atoms with Crippen LogP contribution in [-0.4, -0.2) is 44.2 Å². The average Bonchev–Trinajstić information content (AvgIpc) is 2.80. The normalized spacial score (nSPS) is 12.1. The Morgan fingerprint density at radius 3 is 2.14 bits per heavy atom. The molecule has 0 saturated carbocycles. The lowest BCUT2D eigenvalue weighted by Gasteiger charge is -2.18. The number of carbonyl (C=O) groups is 2. The number of nitrogens with one attached hydrogen (secondary N) is 3. The van der Waals surface area contributed by atoms with Crippen LogP contribution in [0.1, 0.15) is 11.1 Å². The van der Waals surface area contributed by atoms with Gasteiger partial charge in [-0.05, 0) is 24.3 Å². The first-order valence-corrected chi connectivity index (χ1v) is 10.2. The predicted octanol–water partition coefficient (Wildman–Crippen LogP) is 4.94. The summed E-state index contributed by atoms with van der Waals surface area (Å²) in [5.74, 6) is -2.05. The number of pyridine rings is 1. The van der Waals surface area contributed by atoms with Crippen molar-refractivity contribution < 1.29 is 45.4 Å². The number of ether oxygens (including phenoxy) is 2. The summed E-state index contributed by atoms with van der Waals surface area (Å²) >= 11 is 5.82. The molecule has 0 bridgehead atoms. The highest BCUT2D eigenvalue weighted by Gasteiger charge is 2.32. The summed E-state index contributed by atoms with van der Waals surface area (Å²) in [6.07, 6.45) is -8.02. The van der Waals surface area contributed by atoms with E-state index in [0.29, 0.717) is 24.4 Å². The number of carbonyl (C=O) groups excluding carboxylic acids is 2. The Hall–Kier alpha value is -3.68. The Bertz CT molecular complexity index is 1140. The molecule has 0 unspecified atom stereocenters. The third-order valence-corrected chi connectivity index (χ3v) is 4.67. The van der Waals surface area contributed by atoms with Gasteiger partial charge in [-0.3, -0.25) is 0 Å². The molecule has 36 heavy (non-hydrogen) atoms. The first-order valence-electron chi connectivity index (χ1n) is 9.83. The summed E-state index contributed by atoms with van der Waals surface area (Å²) in [6, 6.07) is 3.28. The van der Waals surface area contributed by atoms with Gasteiger partial charge in [0, 0.05) is 19.3 Å². The van der Waals surface area contributed by atoms with Crippen molar-refractivity contribution in [1.82, 2.24) is 4.98 Å². The summed E-state index contributed by atoms with van der Waals surface area (Å²) in [5.41, 5.74) is -2.70. The zero-order valence-electron chi connectivity index (χ0n) is 18.6. The Morgan fingerprint density at radius 2 is 1.58 bits per heavy atom. The Labute approximate surface area is 205 Å². The summed E-state index contributed by atoms with van der Waals surface area (Å²) < 4.78 is 86.8. The molecular weight excluding hydrogens is 522 g/mol. The third kappa shape index (κ3) is 7.93. The molecule has 196 valence electrons. The third-order valence-electron chi connectivity index (χ3n) is 4.39. The summed E-state index contributed by atoms with van der Waals surface area (Å²) in [6.45, 7) is 0.0771. The molecule has 0 aliphatic heterocycles. The maximum absolute atomic E-state index is 13.2. The van der Waals surface area contributed by atoms with Crippen LogP contribution in [0.2, 0.25) is 5.02 Å². The molecule has 0 spiro atoms. The molecule has 0 fully saturated rings. The minimum Gasteiger partial charge on any atom is -0.466 e. The average molecular weight is 541 g/mol. The molecule has 0 amide bonds. The number of methoxy groups -OCH3 is 2. The zero-order chi connectivity index (χ0) is 27.1. The van der Waals surface area contributed by atoms with E-state index in [1.807, 2.05) is 0 Å². The van der Waals surface area contributed by atoms with Crippen molar-refractivity contribution in [1.29, 1.82) is 0 Å². The fraction of sp³-hybridized carbons (Fsp3) is 0.286. The van der Waals surface area contributed by atoms with Crippen molar-refractivity contribution in [3.05, 3.63) is 58.4 Å². The highest BCUT2D eigenvalue weighted by Crippen LogP contribution is 2.35. The molecule has 0 aliphatic carbocycles. The van der Waals surface area contributed by atoms with Crippen molar-refractivity contribution in [2.75, 3.05) is 43.3 Å². The van der Waals surface area contributed by atoms with Crippen LogP contribution in [0.3, 0.4) is 0 Å². The molecule has 0 atom stereocenters. The molecule has 2 aromatic rings. The Morgan fingerprint density at radius 1 is 0.944 bits per heavy atom. The number of hydrogen-bond donors (Lipinski definition) is 3. The summed E-state index contributed by atoms with van der Waals surface area (Å²) in [5, 5.41) is 7.65. The molecule has 0 radical (unpaired) electrons. The number of anilines is 3. The molecule has 8 nitrogen and oxygen atoms in total. The van der Waals surface area contributed by atoms with E-state index in [-0.39, 0.29) is 35.3 Å². The molecular formula is C21H19ClF6N4O4.